The van der Waals surface area contributed by atoms with Gasteiger partial charge in [0, 0.05) is 19.0 Å². The second kappa shape index (κ2) is 8.20. The summed E-state index contributed by atoms with van der Waals surface area (Å²) in [7, 11) is 3.17. The number of imidazole rings is 1. The number of amides is 1. The van der Waals surface area contributed by atoms with E-state index in [1.807, 2.05) is 36.4 Å². The van der Waals surface area contributed by atoms with E-state index in [1.54, 1.807) is 26.4 Å². The van der Waals surface area contributed by atoms with Crippen LogP contribution in [0.3, 0.4) is 0 Å². The van der Waals surface area contributed by atoms with Gasteiger partial charge in [-0.25, -0.2) is 4.98 Å². The van der Waals surface area contributed by atoms with Crippen LogP contribution in [0.15, 0.2) is 48.5 Å². The zero-order chi connectivity index (χ0) is 18.4. The van der Waals surface area contributed by atoms with E-state index in [0.717, 1.165) is 22.4 Å². The summed E-state index contributed by atoms with van der Waals surface area (Å²) in [6.45, 7) is 0.509. The average Bonchev–Trinajstić information content (AvgIpc) is 3.08. The lowest BCUT2D eigenvalue weighted by molar-refractivity contribution is -0.116. The number of aromatic nitrogens is 2. The third-order valence-corrected chi connectivity index (χ3v) is 3.93. The summed E-state index contributed by atoms with van der Waals surface area (Å²) in [4.78, 5) is 19.7. The number of carbonyl (C=O) groups excluding carboxylic acids is 1. The van der Waals surface area contributed by atoms with Crippen LogP contribution in [0.4, 0.5) is 0 Å². The standard InChI is InChI=1S/C20H21N3O3/c1-25-17-9-7-14(13-18(17)26-2)8-10-20(24)21-12-11-19-22-15-5-3-4-6-16(15)23-19/h3-10,13H,11-12H2,1-2H3,(H,21,24)(H,22,23)/b10-8+. The minimum atomic E-state index is -0.157. The predicted molar refractivity (Wildman–Crippen MR) is 101 cm³/mol. The first-order valence-electron chi connectivity index (χ1n) is 8.31. The second-order valence-electron chi connectivity index (χ2n) is 5.69. The van der Waals surface area contributed by atoms with Crippen molar-refractivity contribution in [3.63, 3.8) is 0 Å². The number of fused-ring (bicyclic) bond motifs is 1. The monoisotopic (exact) mass is 351 g/mol. The van der Waals surface area contributed by atoms with Gasteiger partial charge in [-0.15, -0.1) is 0 Å². The van der Waals surface area contributed by atoms with Gasteiger partial charge in [-0.1, -0.05) is 18.2 Å². The second-order valence-corrected chi connectivity index (χ2v) is 5.69. The average molecular weight is 351 g/mol. The van der Waals surface area contributed by atoms with E-state index in [0.29, 0.717) is 24.5 Å². The predicted octanol–water partition coefficient (Wildman–Crippen LogP) is 2.95. The zero-order valence-corrected chi connectivity index (χ0v) is 14.8. The fourth-order valence-electron chi connectivity index (χ4n) is 2.62. The van der Waals surface area contributed by atoms with Crippen molar-refractivity contribution in [1.29, 1.82) is 0 Å². The van der Waals surface area contributed by atoms with Crippen LogP contribution in [0.5, 0.6) is 11.5 Å². The summed E-state index contributed by atoms with van der Waals surface area (Å²) in [5, 5.41) is 2.86. The first-order valence-corrected chi connectivity index (χ1v) is 8.31. The Bertz CT molecular complexity index is 898. The Balaban J connectivity index is 1.53. The third kappa shape index (κ3) is 4.22. The summed E-state index contributed by atoms with van der Waals surface area (Å²) in [5.41, 5.74) is 2.79. The van der Waals surface area contributed by atoms with Gasteiger partial charge in [-0.3, -0.25) is 4.79 Å². The van der Waals surface area contributed by atoms with Gasteiger partial charge in [-0.2, -0.15) is 0 Å². The molecule has 0 unspecified atom stereocenters. The molecule has 1 amide bonds. The Morgan fingerprint density at radius 1 is 1.15 bits per heavy atom. The molecule has 6 nitrogen and oxygen atoms in total. The Kier molecular flexibility index (Phi) is 5.53. The maximum absolute atomic E-state index is 12.0. The fraction of sp³-hybridized carbons (Fsp3) is 0.200. The first-order chi connectivity index (χ1) is 12.7. The molecule has 0 saturated heterocycles. The highest BCUT2D eigenvalue weighted by atomic mass is 16.5. The van der Waals surface area contributed by atoms with Gasteiger partial charge in [0.05, 0.1) is 25.3 Å². The van der Waals surface area contributed by atoms with Gasteiger partial charge in [-0.05, 0) is 35.9 Å². The van der Waals surface area contributed by atoms with E-state index < -0.39 is 0 Å². The normalized spacial score (nSPS) is 11.0. The number of carbonyl (C=O) groups is 1. The minimum Gasteiger partial charge on any atom is -0.493 e. The quantitative estimate of drug-likeness (QED) is 0.642. The molecule has 0 spiro atoms. The van der Waals surface area contributed by atoms with Crippen molar-refractivity contribution < 1.29 is 14.3 Å². The molecule has 0 aliphatic heterocycles. The molecule has 2 N–H and O–H groups in total. The number of nitrogens with zero attached hydrogens (tertiary/aromatic N) is 1. The molecule has 1 aromatic heterocycles. The third-order valence-electron chi connectivity index (χ3n) is 3.93. The van der Waals surface area contributed by atoms with E-state index in [4.69, 9.17) is 9.47 Å². The number of benzene rings is 2. The number of H-pyrrole nitrogens is 1. The van der Waals surface area contributed by atoms with Gasteiger partial charge in [0.1, 0.15) is 5.82 Å². The summed E-state index contributed by atoms with van der Waals surface area (Å²) < 4.78 is 10.4. The van der Waals surface area contributed by atoms with E-state index in [2.05, 4.69) is 15.3 Å². The maximum atomic E-state index is 12.0. The molecule has 0 fully saturated rings. The molecule has 26 heavy (non-hydrogen) atoms. The summed E-state index contributed by atoms with van der Waals surface area (Å²) >= 11 is 0. The molecule has 0 radical (unpaired) electrons. The van der Waals surface area contributed by atoms with Crippen molar-refractivity contribution in [3.8, 4) is 11.5 Å². The summed E-state index contributed by atoms with van der Waals surface area (Å²) in [5.74, 6) is 1.98. The maximum Gasteiger partial charge on any atom is 0.244 e. The van der Waals surface area contributed by atoms with Crippen LogP contribution >= 0.6 is 0 Å². The van der Waals surface area contributed by atoms with Gasteiger partial charge in [0.25, 0.3) is 0 Å². The van der Waals surface area contributed by atoms with Crippen LogP contribution in [0.1, 0.15) is 11.4 Å². The lowest BCUT2D eigenvalue weighted by Gasteiger charge is -2.07. The van der Waals surface area contributed by atoms with Crippen molar-refractivity contribution >= 4 is 23.0 Å². The van der Waals surface area contributed by atoms with Gasteiger partial charge in [0.2, 0.25) is 5.91 Å². The molecule has 3 rings (SSSR count). The number of para-hydroxylation sites is 2. The number of hydrogen-bond donors (Lipinski definition) is 2. The van der Waals surface area contributed by atoms with Crippen LogP contribution in [-0.2, 0) is 11.2 Å². The van der Waals surface area contributed by atoms with Gasteiger partial charge >= 0.3 is 0 Å². The first kappa shape index (κ1) is 17.5. The molecule has 0 atom stereocenters. The molecule has 0 aliphatic rings. The number of hydrogen-bond acceptors (Lipinski definition) is 4. The Morgan fingerprint density at radius 2 is 1.96 bits per heavy atom. The Labute approximate surface area is 151 Å². The molecule has 2 aromatic carbocycles. The van der Waals surface area contributed by atoms with Crippen LogP contribution in [-0.4, -0.2) is 36.6 Å². The zero-order valence-electron chi connectivity index (χ0n) is 14.8. The molecule has 0 saturated carbocycles. The molecular weight excluding hydrogens is 330 g/mol. The Hall–Kier alpha value is -3.28. The SMILES string of the molecule is COc1ccc(/C=C/C(=O)NCCc2nc3ccccc3[nH]2)cc1OC. The van der Waals surface area contributed by atoms with Crippen molar-refractivity contribution in [2.45, 2.75) is 6.42 Å². The van der Waals surface area contributed by atoms with Crippen LogP contribution < -0.4 is 14.8 Å². The molecular formula is C20H21N3O3. The number of methoxy groups -OCH3 is 2. The van der Waals surface area contributed by atoms with Crippen LogP contribution in [0.25, 0.3) is 17.1 Å². The highest BCUT2D eigenvalue weighted by Gasteiger charge is 2.04. The lowest BCUT2D eigenvalue weighted by Crippen LogP contribution is -2.23. The molecule has 3 aromatic rings. The van der Waals surface area contributed by atoms with E-state index in [9.17, 15) is 4.79 Å². The Morgan fingerprint density at radius 3 is 2.73 bits per heavy atom. The molecule has 6 heteroatoms. The van der Waals surface area contributed by atoms with E-state index >= 15 is 0 Å². The number of aromatic amines is 1. The van der Waals surface area contributed by atoms with Crippen molar-refractivity contribution in [3.05, 3.63) is 59.9 Å². The van der Waals surface area contributed by atoms with E-state index in [1.165, 1.54) is 6.08 Å². The fourth-order valence-corrected chi connectivity index (χ4v) is 2.62. The van der Waals surface area contributed by atoms with Crippen molar-refractivity contribution in [2.75, 3.05) is 20.8 Å². The van der Waals surface area contributed by atoms with Crippen molar-refractivity contribution in [1.82, 2.24) is 15.3 Å². The minimum absolute atomic E-state index is 0.157. The number of rotatable bonds is 7. The van der Waals surface area contributed by atoms with Crippen LogP contribution in [0.2, 0.25) is 0 Å². The van der Waals surface area contributed by atoms with Gasteiger partial charge in [0.15, 0.2) is 11.5 Å². The van der Waals surface area contributed by atoms with E-state index in [-0.39, 0.29) is 5.91 Å². The topological polar surface area (TPSA) is 76.2 Å². The summed E-state index contributed by atoms with van der Waals surface area (Å²) in [6.07, 6.45) is 3.88. The highest BCUT2D eigenvalue weighted by molar-refractivity contribution is 5.91. The summed E-state index contributed by atoms with van der Waals surface area (Å²) in [6, 6.07) is 13.3. The smallest absolute Gasteiger partial charge is 0.244 e. The lowest BCUT2D eigenvalue weighted by atomic mass is 10.2. The van der Waals surface area contributed by atoms with Gasteiger partial charge < -0.3 is 19.8 Å². The van der Waals surface area contributed by atoms with Crippen LogP contribution in [0, 0.1) is 0 Å². The molecule has 1 heterocycles. The van der Waals surface area contributed by atoms with Crippen molar-refractivity contribution in [2.24, 2.45) is 0 Å². The number of ether oxygens (including phenoxy) is 2. The molecule has 0 bridgehead atoms. The highest BCUT2D eigenvalue weighted by Crippen LogP contribution is 2.27. The largest absolute Gasteiger partial charge is 0.493 e. The number of nitrogens with one attached hydrogen (secondary N) is 2. The molecule has 134 valence electrons. The molecule has 0 aliphatic carbocycles.